The van der Waals surface area contributed by atoms with Gasteiger partial charge in [0.25, 0.3) is 6.43 Å². The molecule has 6 rings (SSSR count). The highest BCUT2D eigenvalue weighted by molar-refractivity contribution is 5.78. The second-order valence-corrected chi connectivity index (χ2v) is 11.4. The van der Waals surface area contributed by atoms with Gasteiger partial charge in [0.2, 0.25) is 5.95 Å². The van der Waals surface area contributed by atoms with Crippen LogP contribution in [-0.2, 0) is 9.47 Å². The maximum atomic E-state index is 14.1. The van der Waals surface area contributed by atoms with Crippen LogP contribution >= 0.6 is 0 Å². The highest BCUT2D eigenvalue weighted by Crippen LogP contribution is 2.33. The van der Waals surface area contributed by atoms with Crippen LogP contribution in [0, 0.1) is 5.92 Å². The zero-order valence-electron chi connectivity index (χ0n) is 22.9. The molecule has 12 heteroatoms. The van der Waals surface area contributed by atoms with Crippen LogP contribution < -0.4 is 10.2 Å². The lowest BCUT2D eigenvalue weighted by molar-refractivity contribution is 0.0847. The summed E-state index contributed by atoms with van der Waals surface area (Å²) in [5, 5.41) is 3.39. The van der Waals surface area contributed by atoms with Crippen LogP contribution in [0.1, 0.15) is 51.8 Å². The highest BCUT2D eigenvalue weighted by atomic mass is 19.3. The molecule has 1 aliphatic carbocycles. The van der Waals surface area contributed by atoms with Gasteiger partial charge in [-0.25, -0.2) is 18.6 Å². The van der Waals surface area contributed by atoms with Gasteiger partial charge >= 0.3 is 6.09 Å². The van der Waals surface area contributed by atoms with Crippen molar-refractivity contribution in [2.45, 2.75) is 57.6 Å². The van der Waals surface area contributed by atoms with Gasteiger partial charge in [0.1, 0.15) is 17.2 Å². The van der Waals surface area contributed by atoms with E-state index in [1.807, 2.05) is 18.7 Å². The average Bonchev–Trinajstić information content (AvgIpc) is 3.48. The first-order valence-electron chi connectivity index (χ1n) is 14.0. The molecule has 2 aliphatic heterocycles. The summed E-state index contributed by atoms with van der Waals surface area (Å²) in [4.78, 5) is 29.9. The SMILES string of the molecule is CC1(C)CN(C2CCC(CNc3nc(N4CCOCC4)cc(-n4c(C(F)F)nc5ccccc54)n3)CC2)C(=O)O1. The van der Waals surface area contributed by atoms with Crippen molar-refractivity contribution in [1.29, 1.82) is 0 Å². The molecular weight excluding hydrogens is 520 g/mol. The van der Waals surface area contributed by atoms with Crippen molar-refractivity contribution >= 4 is 28.9 Å². The zero-order chi connectivity index (χ0) is 27.9. The number of aromatic nitrogens is 4. The van der Waals surface area contributed by atoms with E-state index in [4.69, 9.17) is 19.4 Å². The number of para-hydroxylation sites is 2. The topological polar surface area (TPSA) is 97.6 Å². The summed E-state index contributed by atoms with van der Waals surface area (Å²) in [6.45, 7) is 7.61. The summed E-state index contributed by atoms with van der Waals surface area (Å²) in [5.74, 6) is 1.44. The Balaban J connectivity index is 1.22. The molecule has 1 amide bonds. The molecule has 10 nitrogen and oxygen atoms in total. The van der Waals surface area contributed by atoms with Crippen molar-refractivity contribution in [2.24, 2.45) is 5.92 Å². The van der Waals surface area contributed by atoms with Gasteiger partial charge < -0.3 is 24.6 Å². The number of ether oxygens (including phenoxy) is 2. The van der Waals surface area contributed by atoms with E-state index in [0.717, 1.165) is 25.7 Å². The van der Waals surface area contributed by atoms with Crippen LogP contribution in [0.15, 0.2) is 30.3 Å². The maximum absolute atomic E-state index is 14.1. The Hall–Kier alpha value is -3.54. The maximum Gasteiger partial charge on any atom is 0.410 e. The number of fused-ring (bicyclic) bond motifs is 1. The van der Waals surface area contributed by atoms with Crippen molar-refractivity contribution in [3.05, 3.63) is 36.2 Å². The molecule has 3 aromatic rings. The molecule has 3 aliphatic rings. The molecule has 3 fully saturated rings. The molecule has 0 spiro atoms. The first kappa shape index (κ1) is 26.7. The minimum absolute atomic E-state index is 0.195. The fourth-order valence-electron chi connectivity index (χ4n) is 5.98. The van der Waals surface area contributed by atoms with Crippen LogP contribution in [0.2, 0.25) is 0 Å². The van der Waals surface area contributed by atoms with Gasteiger partial charge in [0, 0.05) is 31.7 Å². The van der Waals surface area contributed by atoms with E-state index in [9.17, 15) is 13.6 Å². The predicted molar refractivity (Wildman–Crippen MR) is 146 cm³/mol. The van der Waals surface area contributed by atoms with Crippen molar-refractivity contribution in [3.8, 4) is 5.82 Å². The molecule has 1 N–H and O–H groups in total. The molecule has 0 atom stereocenters. The standard InChI is InChI=1S/C28H35F2N7O3/c1-28(2)17-36(27(38)40-28)19-9-7-18(8-10-19)16-31-26-33-22(35-11-13-39-14-12-35)15-23(34-26)37-21-6-4-3-5-20(21)32-25(37)24(29)30/h3-6,15,18-19,24H,7-14,16-17H2,1-2H3,(H,31,33,34). The van der Waals surface area contributed by atoms with E-state index in [0.29, 0.717) is 73.9 Å². The van der Waals surface area contributed by atoms with Gasteiger partial charge in [-0.3, -0.25) is 4.57 Å². The molecule has 0 unspecified atom stereocenters. The molecule has 40 heavy (non-hydrogen) atoms. The average molecular weight is 556 g/mol. The predicted octanol–water partition coefficient (Wildman–Crippen LogP) is 4.79. The minimum Gasteiger partial charge on any atom is -0.441 e. The summed E-state index contributed by atoms with van der Waals surface area (Å²) < 4.78 is 40.6. The number of anilines is 2. The monoisotopic (exact) mass is 555 g/mol. The molecule has 1 aromatic carbocycles. The number of morpholine rings is 1. The number of nitrogens with one attached hydrogen (secondary N) is 1. The number of carbonyl (C=O) groups is 1. The third-order valence-electron chi connectivity index (χ3n) is 8.00. The number of halogens is 2. The van der Waals surface area contributed by atoms with Gasteiger partial charge in [0.05, 0.1) is 30.8 Å². The fraction of sp³-hybridized carbons (Fsp3) is 0.571. The summed E-state index contributed by atoms with van der Waals surface area (Å²) in [5.41, 5.74) is 0.610. The molecule has 1 saturated carbocycles. The van der Waals surface area contributed by atoms with Gasteiger partial charge in [-0.1, -0.05) is 12.1 Å². The Morgan fingerprint density at radius 3 is 2.48 bits per heavy atom. The fourth-order valence-corrected chi connectivity index (χ4v) is 5.98. The van der Waals surface area contributed by atoms with E-state index < -0.39 is 12.0 Å². The van der Waals surface area contributed by atoms with Gasteiger partial charge in [-0.05, 0) is 57.6 Å². The largest absolute Gasteiger partial charge is 0.441 e. The van der Waals surface area contributed by atoms with E-state index in [1.165, 1.54) is 4.57 Å². The van der Waals surface area contributed by atoms with E-state index in [2.05, 4.69) is 15.2 Å². The summed E-state index contributed by atoms with van der Waals surface area (Å²) in [6.07, 6.45) is 0.757. The van der Waals surface area contributed by atoms with Gasteiger partial charge in [-0.15, -0.1) is 0 Å². The van der Waals surface area contributed by atoms with Crippen molar-refractivity contribution in [3.63, 3.8) is 0 Å². The molecule has 214 valence electrons. The lowest BCUT2D eigenvalue weighted by Gasteiger charge is -2.33. The van der Waals surface area contributed by atoms with Crippen LogP contribution in [0.3, 0.4) is 0 Å². The number of amides is 1. The molecule has 2 saturated heterocycles. The van der Waals surface area contributed by atoms with Crippen molar-refractivity contribution in [2.75, 3.05) is 49.6 Å². The third kappa shape index (κ3) is 5.41. The van der Waals surface area contributed by atoms with E-state index >= 15 is 0 Å². The second-order valence-electron chi connectivity index (χ2n) is 11.4. The van der Waals surface area contributed by atoms with Crippen LogP contribution in [0.25, 0.3) is 16.9 Å². The summed E-state index contributed by atoms with van der Waals surface area (Å²) in [6, 6.07) is 9.02. The molecule has 0 radical (unpaired) electrons. The number of carbonyl (C=O) groups excluding carboxylic acids is 1. The van der Waals surface area contributed by atoms with Crippen LogP contribution in [-0.4, -0.2) is 81.5 Å². The summed E-state index contributed by atoms with van der Waals surface area (Å²) in [7, 11) is 0. The smallest absolute Gasteiger partial charge is 0.410 e. The quantitative estimate of drug-likeness (QED) is 0.445. The number of nitrogens with zero attached hydrogens (tertiary/aromatic N) is 6. The number of benzene rings is 1. The van der Waals surface area contributed by atoms with Crippen LogP contribution in [0.5, 0.6) is 0 Å². The number of imidazole rings is 1. The first-order valence-corrected chi connectivity index (χ1v) is 14.0. The Labute approximate surface area is 231 Å². The first-order chi connectivity index (χ1) is 19.3. The Bertz CT molecular complexity index is 1370. The van der Waals surface area contributed by atoms with E-state index in [-0.39, 0.29) is 18.0 Å². The van der Waals surface area contributed by atoms with Crippen molar-refractivity contribution in [1.82, 2.24) is 24.4 Å². The highest BCUT2D eigenvalue weighted by Gasteiger charge is 2.41. The van der Waals surface area contributed by atoms with E-state index in [1.54, 1.807) is 30.3 Å². The Morgan fingerprint density at radius 1 is 1.05 bits per heavy atom. The van der Waals surface area contributed by atoms with Gasteiger partial charge in [-0.2, -0.15) is 9.97 Å². The number of hydrogen-bond donors (Lipinski definition) is 1. The minimum atomic E-state index is -2.76. The Morgan fingerprint density at radius 2 is 1.77 bits per heavy atom. The molecule has 0 bridgehead atoms. The normalized spacial score (nSPS) is 23.2. The van der Waals surface area contributed by atoms with Gasteiger partial charge in [0.15, 0.2) is 5.82 Å². The summed E-state index contributed by atoms with van der Waals surface area (Å²) >= 11 is 0. The second kappa shape index (κ2) is 10.8. The zero-order valence-corrected chi connectivity index (χ0v) is 22.9. The van der Waals surface area contributed by atoms with Crippen LogP contribution in [0.4, 0.5) is 25.3 Å². The lowest BCUT2D eigenvalue weighted by Crippen LogP contribution is -2.40. The number of hydrogen-bond acceptors (Lipinski definition) is 8. The number of rotatable bonds is 7. The Kier molecular flexibility index (Phi) is 7.20. The molecular formula is C28H35F2N7O3. The molecule has 4 heterocycles. The number of cyclic esters (lactones) is 1. The lowest BCUT2D eigenvalue weighted by atomic mass is 9.85. The third-order valence-corrected chi connectivity index (χ3v) is 8.00. The van der Waals surface area contributed by atoms with Crippen molar-refractivity contribution < 1.29 is 23.0 Å². The molecule has 2 aromatic heterocycles. The number of alkyl halides is 2.